The van der Waals surface area contributed by atoms with E-state index in [2.05, 4.69) is 53.1 Å². The lowest BCUT2D eigenvalue weighted by Gasteiger charge is -2.10. The van der Waals surface area contributed by atoms with Gasteiger partial charge in [0.25, 0.3) is 6.01 Å². The Morgan fingerprint density at radius 2 is 1.42 bits per heavy atom. The van der Waals surface area contributed by atoms with Crippen LogP contribution in [0, 0.1) is 0 Å². The molecule has 0 spiro atoms. The molecule has 0 saturated heterocycles. The van der Waals surface area contributed by atoms with Crippen LogP contribution in [-0.4, -0.2) is 15.7 Å². The molecule has 3 aromatic rings. The number of ether oxygens (including phenoxy) is 1. The molecule has 0 bridgehead atoms. The summed E-state index contributed by atoms with van der Waals surface area (Å²) in [6.45, 7) is 4.06. The number of nitrogens with zero attached hydrogens (tertiary/aromatic N) is 2. The van der Waals surface area contributed by atoms with Gasteiger partial charge in [0.1, 0.15) is 0 Å². The van der Waals surface area contributed by atoms with E-state index in [1.807, 2.05) is 33.0 Å². The van der Waals surface area contributed by atoms with E-state index < -0.39 is 0 Å². The number of benzene rings is 2. The molecule has 24 heavy (non-hydrogen) atoms. The van der Waals surface area contributed by atoms with Crippen molar-refractivity contribution < 1.29 is 4.74 Å². The first-order valence-electron chi connectivity index (χ1n) is 8.42. The lowest BCUT2D eigenvalue weighted by molar-refractivity contribution is 0.214. The van der Waals surface area contributed by atoms with Crippen LogP contribution in [0.15, 0.2) is 60.7 Å². The third-order valence-electron chi connectivity index (χ3n) is 4.03. The van der Waals surface area contributed by atoms with Crippen molar-refractivity contribution in [2.24, 2.45) is 7.05 Å². The minimum atomic E-state index is 0.111. The van der Waals surface area contributed by atoms with Crippen LogP contribution in [0.25, 0.3) is 0 Å². The molecule has 0 radical (unpaired) electrons. The summed E-state index contributed by atoms with van der Waals surface area (Å²) in [5.41, 5.74) is 4.84. The molecule has 124 valence electrons. The van der Waals surface area contributed by atoms with Crippen molar-refractivity contribution in [3.8, 4) is 6.01 Å². The van der Waals surface area contributed by atoms with Crippen LogP contribution >= 0.6 is 0 Å². The van der Waals surface area contributed by atoms with Gasteiger partial charge in [-0.15, -0.1) is 0 Å². The number of aromatic nitrogens is 2. The Morgan fingerprint density at radius 1 is 0.875 bits per heavy atom. The molecule has 3 heteroatoms. The minimum absolute atomic E-state index is 0.111. The van der Waals surface area contributed by atoms with Gasteiger partial charge in [0, 0.05) is 25.6 Å². The molecule has 0 atom stereocenters. The Bertz CT molecular complexity index is 776. The van der Waals surface area contributed by atoms with Gasteiger partial charge in [0.2, 0.25) is 0 Å². The number of rotatable bonds is 6. The van der Waals surface area contributed by atoms with Gasteiger partial charge in [-0.25, -0.2) is 0 Å². The summed E-state index contributed by atoms with van der Waals surface area (Å²) < 4.78 is 7.98. The highest BCUT2D eigenvalue weighted by Gasteiger charge is 2.17. The van der Waals surface area contributed by atoms with E-state index in [-0.39, 0.29) is 6.10 Å². The van der Waals surface area contributed by atoms with Crippen molar-refractivity contribution in [1.29, 1.82) is 0 Å². The first kappa shape index (κ1) is 16.3. The summed E-state index contributed by atoms with van der Waals surface area (Å²) in [5.74, 6) is 0. The Labute approximate surface area is 143 Å². The molecule has 0 aliphatic carbocycles. The van der Waals surface area contributed by atoms with Crippen LogP contribution in [0.4, 0.5) is 0 Å². The molecular formula is C21H24N2O. The molecule has 2 aromatic carbocycles. The summed E-state index contributed by atoms with van der Waals surface area (Å²) in [6.07, 6.45) is 1.78. The van der Waals surface area contributed by atoms with E-state index >= 15 is 0 Å². The maximum absolute atomic E-state index is 5.89. The maximum atomic E-state index is 5.89. The molecule has 1 heterocycles. The van der Waals surface area contributed by atoms with E-state index in [1.54, 1.807) is 0 Å². The van der Waals surface area contributed by atoms with Crippen molar-refractivity contribution in [3.63, 3.8) is 0 Å². The van der Waals surface area contributed by atoms with Gasteiger partial charge < -0.3 is 9.30 Å². The van der Waals surface area contributed by atoms with E-state index in [0.29, 0.717) is 6.01 Å². The topological polar surface area (TPSA) is 27.1 Å². The van der Waals surface area contributed by atoms with Gasteiger partial charge in [-0.1, -0.05) is 60.7 Å². The van der Waals surface area contributed by atoms with Crippen LogP contribution in [0.1, 0.15) is 36.4 Å². The highest BCUT2D eigenvalue weighted by molar-refractivity contribution is 5.32. The Morgan fingerprint density at radius 3 is 1.96 bits per heavy atom. The zero-order valence-electron chi connectivity index (χ0n) is 14.6. The molecule has 0 aliphatic rings. The zero-order chi connectivity index (χ0) is 16.9. The SMILES string of the molecule is CC(C)Oc1nc(Cc2ccccc2)c(Cc2ccccc2)n1C. The third-order valence-corrected chi connectivity index (χ3v) is 4.03. The molecule has 0 N–H and O–H groups in total. The van der Waals surface area contributed by atoms with Crippen molar-refractivity contribution in [2.45, 2.75) is 32.8 Å². The van der Waals surface area contributed by atoms with Gasteiger partial charge in [0.05, 0.1) is 11.8 Å². The lowest BCUT2D eigenvalue weighted by atomic mass is 10.0. The van der Waals surface area contributed by atoms with Crippen LogP contribution in [0.3, 0.4) is 0 Å². The molecule has 0 amide bonds. The predicted octanol–water partition coefficient (Wildman–Crippen LogP) is 4.39. The van der Waals surface area contributed by atoms with E-state index in [0.717, 1.165) is 18.5 Å². The van der Waals surface area contributed by atoms with E-state index in [4.69, 9.17) is 9.72 Å². The minimum Gasteiger partial charge on any atom is -0.462 e. The van der Waals surface area contributed by atoms with Gasteiger partial charge in [0.15, 0.2) is 0 Å². The van der Waals surface area contributed by atoms with Gasteiger partial charge >= 0.3 is 0 Å². The zero-order valence-corrected chi connectivity index (χ0v) is 14.6. The molecule has 3 rings (SSSR count). The Hall–Kier alpha value is -2.55. The standard InChI is InChI=1S/C21H24N2O/c1-16(2)24-21-22-19(14-17-10-6-4-7-11-17)20(23(21)3)15-18-12-8-5-9-13-18/h4-13,16H,14-15H2,1-3H3. The van der Waals surface area contributed by atoms with Crippen LogP contribution in [0.2, 0.25) is 0 Å². The quantitative estimate of drug-likeness (QED) is 0.673. The molecule has 3 nitrogen and oxygen atoms in total. The van der Waals surface area contributed by atoms with Gasteiger partial charge in [-0.05, 0) is 25.0 Å². The first-order chi connectivity index (χ1) is 11.6. The fourth-order valence-electron chi connectivity index (χ4n) is 2.82. The Balaban J connectivity index is 1.95. The van der Waals surface area contributed by atoms with E-state index in [1.165, 1.54) is 16.8 Å². The van der Waals surface area contributed by atoms with Gasteiger partial charge in [-0.3, -0.25) is 0 Å². The van der Waals surface area contributed by atoms with Crippen LogP contribution < -0.4 is 4.74 Å². The van der Waals surface area contributed by atoms with Gasteiger partial charge in [-0.2, -0.15) is 4.98 Å². The predicted molar refractivity (Wildman–Crippen MR) is 97.5 cm³/mol. The summed E-state index contributed by atoms with van der Waals surface area (Å²) in [7, 11) is 2.04. The van der Waals surface area contributed by atoms with E-state index in [9.17, 15) is 0 Å². The summed E-state index contributed by atoms with van der Waals surface area (Å²) in [6, 6.07) is 21.7. The summed E-state index contributed by atoms with van der Waals surface area (Å²) in [4.78, 5) is 4.78. The number of hydrogen-bond donors (Lipinski definition) is 0. The molecule has 0 unspecified atom stereocenters. The highest BCUT2D eigenvalue weighted by Crippen LogP contribution is 2.23. The molecule has 0 aliphatic heterocycles. The second kappa shape index (κ2) is 7.35. The smallest absolute Gasteiger partial charge is 0.296 e. The molecule has 0 saturated carbocycles. The van der Waals surface area contributed by atoms with Crippen LogP contribution in [-0.2, 0) is 19.9 Å². The van der Waals surface area contributed by atoms with Crippen molar-refractivity contribution in [3.05, 3.63) is 83.2 Å². The highest BCUT2D eigenvalue weighted by atomic mass is 16.5. The number of imidazole rings is 1. The second-order valence-corrected chi connectivity index (χ2v) is 6.34. The lowest BCUT2D eigenvalue weighted by Crippen LogP contribution is -2.10. The fraction of sp³-hybridized carbons (Fsp3) is 0.286. The van der Waals surface area contributed by atoms with Crippen LogP contribution in [0.5, 0.6) is 6.01 Å². The first-order valence-corrected chi connectivity index (χ1v) is 8.42. The third kappa shape index (κ3) is 3.85. The summed E-state index contributed by atoms with van der Waals surface area (Å²) >= 11 is 0. The maximum Gasteiger partial charge on any atom is 0.296 e. The van der Waals surface area contributed by atoms with Crippen molar-refractivity contribution in [1.82, 2.24) is 9.55 Å². The van der Waals surface area contributed by atoms with Crippen molar-refractivity contribution in [2.75, 3.05) is 0 Å². The largest absolute Gasteiger partial charge is 0.462 e. The molecule has 0 fully saturated rings. The number of hydrogen-bond acceptors (Lipinski definition) is 2. The summed E-state index contributed by atoms with van der Waals surface area (Å²) in [5, 5.41) is 0. The second-order valence-electron chi connectivity index (χ2n) is 6.34. The normalized spacial score (nSPS) is 11.0. The Kier molecular flexibility index (Phi) is 4.99. The molecular weight excluding hydrogens is 296 g/mol. The van der Waals surface area contributed by atoms with Crippen molar-refractivity contribution >= 4 is 0 Å². The monoisotopic (exact) mass is 320 g/mol. The molecule has 1 aromatic heterocycles. The average Bonchev–Trinajstić information content (AvgIpc) is 2.85. The average molecular weight is 320 g/mol. The fourth-order valence-corrected chi connectivity index (χ4v) is 2.82.